The summed E-state index contributed by atoms with van der Waals surface area (Å²) in [6, 6.07) is 2.50. The van der Waals surface area contributed by atoms with E-state index in [1.54, 1.807) is 0 Å². The van der Waals surface area contributed by atoms with Crippen LogP contribution in [0.3, 0.4) is 0 Å². The molecule has 3 nitrogen and oxygen atoms in total. The molecule has 0 spiro atoms. The van der Waals surface area contributed by atoms with Gasteiger partial charge >= 0.3 is 0 Å². The van der Waals surface area contributed by atoms with Gasteiger partial charge in [-0.15, -0.1) is 0 Å². The highest BCUT2D eigenvalue weighted by atomic mass is 19.1. The van der Waals surface area contributed by atoms with Gasteiger partial charge in [-0.05, 0) is 17.2 Å². The van der Waals surface area contributed by atoms with E-state index < -0.39 is 12.4 Å². The van der Waals surface area contributed by atoms with E-state index in [2.05, 4.69) is 4.85 Å². The average Bonchev–Trinajstić information content (AvgIpc) is 2.16. The smallest absolute Gasteiger partial charge is 0.227 e. The van der Waals surface area contributed by atoms with Crippen LogP contribution in [0.15, 0.2) is 12.1 Å². The molecule has 1 aromatic rings. The maximum atomic E-state index is 13.0. The van der Waals surface area contributed by atoms with Crippen LogP contribution in [0.1, 0.15) is 11.1 Å². The molecule has 1 rings (SSSR count). The first-order valence-electron chi connectivity index (χ1n) is 3.63. The Morgan fingerprint density at radius 1 is 1.31 bits per heavy atom. The van der Waals surface area contributed by atoms with Crippen LogP contribution in [0.2, 0.25) is 0 Å². The summed E-state index contributed by atoms with van der Waals surface area (Å²) in [5.74, 6) is -0.703. The van der Waals surface area contributed by atoms with E-state index in [0.717, 1.165) is 6.07 Å². The summed E-state index contributed by atoms with van der Waals surface area (Å²) in [6.07, 6.45) is 0. The van der Waals surface area contributed by atoms with Crippen molar-refractivity contribution in [3.63, 3.8) is 0 Å². The van der Waals surface area contributed by atoms with Gasteiger partial charge in [0.2, 0.25) is 5.69 Å². The second-order valence-electron chi connectivity index (χ2n) is 2.51. The fraction of sp³-hybridized carbons (Fsp3) is 0.222. The first kappa shape index (κ1) is 9.65. The van der Waals surface area contributed by atoms with Gasteiger partial charge in [0.05, 0.1) is 19.8 Å². The Hall–Kier alpha value is -1.44. The summed E-state index contributed by atoms with van der Waals surface area (Å²) < 4.78 is 13.0. The molecule has 0 aromatic heterocycles. The molecule has 0 aliphatic heterocycles. The molecule has 0 atom stereocenters. The van der Waals surface area contributed by atoms with Crippen molar-refractivity contribution in [1.82, 2.24) is 0 Å². The van der Waals surface area contributed by atoms with Crippen molar-refractivity contribution >= 4 is 5.69 Å². The third-order valence-electron chi connectivity index (χ3n) is 1.67. The molecule has 0 saturated carbocycles. The van der Waals surface area contributed by atoms with E-state index in [9.17, 15) is 4.39 Å². The van der Waals surface area contributed by atoms with E-state index in [0.29, 0.717) is 5.56 Å². The molecule has 0 amide bonds. The number of hydrogen-bond acceptors (Lipinski definition) is 2. The van der Waals surface area contributed by atoms with Gasteiger partial charge in [-0.2, -0.15) is 0 Å². The van der Waals surface area contributed by atoms with Crippen molar-refractivity contribution in [2.45, 2.75) is 13.2 Å². The Bertz CT molecular complexity index is 357. The summed E-state index contributed by atoms with van der Waals surface area (Å²) in [5, 5.41) is 17.5. The summed E-state index contributed by atoms with van der Waals surface area (Å²) in [5.41, 5.74) is 0.382. The van der Waals surface area contributed by atoms with Crippen LogP contribution in [0.5, 0.6) is 0 Å². The molecule has 1 aromatic carbocycles. The predicted octanol–water partition coefficient (Wildman–Crippen LogP) is 1.36. The lowest BCUT2D eigenvalue weighted by Crippen LogP contribution is -1.92. The standard InChI is InChI=1S/C9H8FNO2/c1-11-9-7(5-13)2-6(4-12)3-8(9)10/h2-3,12-13H,4-5H2. The van der Waals surface area contributed by atoms with E-state index >= 15 is 0 Å². The SMILES string of the molecule is [C-]#[N+]c1c(F)cc(CO)cc1CO. The molecule has 0 aliphatic rings. The average molecular weight is 181 g/mol. The molecular weight excluding hydrogens is 173 g/mol. The lowest BCUT2D eigenvalue weighted by atomic mass is 10.1. The quantitative estimate of drug-likeness (QED) is 0.676. The molecule has 0 fully saturated rings. The topological polar surface area (TPSA) is 44.8 Å². The van der Waals surface area contributed by atoms with Crippen molar-refractivity contribution < 1.29 is 14.6 Å². The zero-order chi connectivity index (χ0) is 9.84. The number of aliphatic hydroxyl groups is 2. The number of rotatable bonds is 2. The van der Waals surface area contributed by atoms with Crippen LogP contribution < -0.4 is 0 Å². The molecule has 68 valence electrons. The Morgan fingerprint density at radius 2 is 2.00 bits per heavy atom. The highest BCUT2D eigenvalue weighted by molar-refractivity contribution is 5.54. The first-order chi connectivity index (χ1) is 6.22. The van der Waals surface area contributed by atoms with Gasteiger partial charge < -0.3 is 10.2 Å². The lowest BCUT2D eigenvalue weighted by Gasteiger charge is -2.04. The minimum Gasteiger partial charge on any atom is -0.393 e. The summed E-state index contributed by atoms with van der Waals surface area (Å²) >= 11 is 0. The van der Waals surface area contributed by atoms with Gasteiger partial charge in [0.25, 0.3) is 0 Å². The molecule has 0 heterocycles. The van der Waals surface area contributed by atoms with Crippen molar-refractivity contribution in [3.8, 4) is 0 Å². The number of nitrogens with zero attached hydrogens (tertiary/aromatic N) is 1. The second-order valence-corrected chi connectivity index (χ2v) is 2.51. The van der Waals surface area contributed by atoms with Gasteiger partial charge in [0, 0.05) is 0 Å². The summed E-state index contributed by atoms with van der Waals surface area (Å²) in [4.78, 5) is 2.95. The largest absolute Gasteiger partial charge is 0.393 e. The van der Waals surface area contributed by atoms with Crippen LogP contribution in [0.25, 0.3) is 4.85 Å². The van der Waals surface area contributed by atoms with Crippen molar-refractivity contribution in [2.24, 2.45) is 0 Å². The van der Waals surface area contributed by atoms with E-state index in [1.165, 1.54) is 6.07 Å². The molecule has 0 saturated heterocycles. The Morgan fingerprint density at radius 3 is 2.46 bits per heavy atom. The van der Waals surface area contributed by atoms with Crippen LogP contribution in [0, 0.1) is 12.4 Å². The minimum atomic E-state index is -0.703. The van der Waals surface area contributed by atoms with Gasteiger partial charge in [-0.25, -0.2) is 9.24 Å². The number of halogens is 1. The lowest BCUT2D eigenvalue weighted by molar-refractivity contribution is 0.275. The normalized spacial score (nSPS) is 9.69. The van der Waals surface area contributed by atoms with Crippen molar-refractivity contribution in [3.05, 3.63) is 40.5 Å². The van der Waals surface area contributed by atoms with Gasteiger partial charge in [-0.3, -0.25) is 0 Å². The fourth-order valence-corrected chi connectivity index (χ4v) is 1.06. The Balaban J connectivity index is 3.31. The molecule has 0 bridgehead atoms. The monoisotopic (exact) mass is 181 g/mol. The molecule has 0 radical (unpaired) electrons. The van der Waals surface area contributed by atoms with E-state index in [-0.39, 0.29) is 17.9 Å². The van der Waals surface area contributed by atoms with E-state index in [4.69, 9.17) is 16.8 Å². The second kappa shape index (κ2) is 3.99. The van der Waals surface area contributed by atoms with E-state index in [1.807, 2.05) is 0 Å². The third kappa shape index (κ3) is 1.83. The molecule has 4 heteroatoms. The van der Waals surface area contributed by atoms with Gasteiger partial charge in [0.15, 0.2) is 0 Å². The maximum Gasteiger partial charge on any atom is 0.227 e. The molecular formula is C9H8FNO2. The zero-order valence-corrected chi connectivity index (χ0v) is 6.79. The first-order valence-corrected chi connectivity index (χ1v) is 3.63. The predicted molar refractivity (Wildman–Crippen MR) is 44.5 cm³/mol. The molecule has 0 aliphatic carbocycles. The highest BCUT2D eigenvalue weighted by Crippen LogP contribution is 2.25. The maximum absolute atomic E-state index is 13.0. The number of benzene rings is 1. The van der Waals surface area contributed by atoms with Crippen LogP contribution in [-0.4, -0.2) is 10.2 Å². The fourth-order valence-electron chi connectivity index (χ4n) is 1.06. The van der Waals surface area contributed by atoms with Gasteiger partial charge in [0.1, 0.15) is 5.82 Å². The molecule has 0 unspecified atom stereocenters. The summed E-state index contributed by atoms with van der Waals surface area (Å²) in [7, 11) is 0. The van der Waals surface area contributed by atoms with Crippen molar-refractivity contribution in [1.29, 1.82) is 0 Å². The van der Waals surface area contributed by atoms with Crippen LogP contribution in [0.4, 0.5) is 10.1 Å². The third-order valence-corrected chi connectivity index (χ3v) is 1.67. The highest BCUT2D eigenvalue weighted by Gasteiger charge is 2.09. The molecule has 2 N–H and O–H groups in total. The minimum absolute atomic E-state index is 0.181. The Labute approximate surface area is 74.9 Å². The van der Waals surface area contributed by atoms with Crippen molar-refractivity contribution in [2.75, 3.05) is 0 Å². The summed E-state index contributed by atoms with van der Waals surface area (Å²) in [6.45, 7) is 5.96. The number of hydrogen-bond donors (Lipinski definition) is 2. The van der Waals surface area contributed by atoms with Crippen LogP contribution in [-0.2, 0) is 13.2 Å². The Kier molecular flexibility index (Phi) is 2.96. The molecule has 13 heavy (non-hydrogen) atoms. The van der Waals surface area contributed by atoms with Crippen LogP contribution >= 0.6 is 0 Å². The van der Waals surface area contributed by atoms with Gasteiger partial charge in [-0.1, -0.05) is 6.07 Å². The zero-order valence-electron chi connectivity index (χ0n) is 6.79. The number of aliphatic hydroxyl groups excluding tert-OH is 2.